The first-order valence-electron chi connectivity index (χ1n) is 14.2. The molecule has 0 spiro atoms. The van der Waals surface area contributed by atoms with Crippen LogP contribution in [0.25, 0.3) is 33.1 Å². The summed E-state index contributed by atoms with van der Waals surface area (Å²) in [5.74, 6) is 1.14. The average Bonchev–Trinajstić information content (AvgIpc) is 3.45. The standard InChI is InChI=1S/C34H37N3O6/c1-40-13-7-8-21-11-12-29-26(14-21)27(18-30(37-29)22-16-31(41-2)33(43-4)32(17-22)42-3)34(39)36-24(20-38)15-23-19-35-28-10-6-5-9-25(23)28/h5-6,9-12,14,16-19,24,35,38H,7-8,13,15,20H2,1-4H3,(H,36,39)/t24-/m1/s1. The van der Waals surface area contributed by atoms with E-state index in [2.05, 4.69) is 10.3 Å². The third kappa shape index (κ3) is 6.43. The molecule has 0 aliphatic rings. The number of nitrogens with one attached hydrogen (secondary N) is 2. The van der Waals surface area contributed by atoms with Crippen LogP contribution in [0.15, 0.2) is 66.9 Å². The quantitative estimate of drug-likeness (QED) is 0.161. The minimum atomic E-state index is -0.496. The number of aliphatic hydroxyl groups is 1. The number of pyridine rings is 1. The van der Waals surface area contributed by atoms with E-state index in [1.54, 1.807) is 34.5 Å². The van der Waals surface area contributed by atoms with Crippen LogP contribution in [0.5, 0.6) is 17.2 Å². The van der Waals surface area contributed by atoms with E-state index in [1.807, 2.05) is 60.8 Å². The molecule has 0 bridgehead atoms. The summed E-state index contributed by atoms with van der Waals surface area (Å²) in [6.07, 6.45) is 4.06. The Kier molecular flexibility index (Phi) is 9.44. The maximum absolute atomic E-state index is 14.0. The summed E-state index contributed by atoms with van der Waals surface area (Å²) in [4.78, 5) is 22.2. The molecule has 9 nitrogen and oxygen atoms in total. The van der Waals surface area contributed by atoms with E-state index in [0.717, 1.165) is 40.3 Å². The largest absolute Gasteiger partial charge is 0.493 e. The fourth-order valence-electron chi connectivity index (χ4n) is 5.40. The molecular weight excluding hydrogens is 546 g/mol. The van der Waals surface area contributed by atoms with Gasteiger partial charge in [-0.3, -0.25) is 4.79 Å². The van der Waals surface area contributed by atoms with Gasteiger partial charge in [0.25, 0.3) is 5.91 Å². The van der Waals surface area contributed by atoms with E-state index in [-0.39, 0.29) is 12.5 Å². The summed E-state index contributed by atoms with van der Waals surface area (Å²) in [7, 11) is 6.35. The molecule has 0 saturated heterocycles. The lowest BCUT2D eigenvalue weighted by atomic mass is 9.99. The summed E-state index contributed by atoms with van der Waals surface area (Å²) in [5.41, 5.74) is 5.51. The minimum absolute atomic E-state index is 0.212. The molecule has 3 aromatic carbocycles. The Hall–Kier alpha value is -4.60. The number of hydrogen-bond donors (Lipinski definition) is 3. The molecule has 2 heterocycles. The van der Waals surface area contributed by atoms with E-state index in [0.29, 0.717) is 52.6 Å². The van der Waals surface area contributed by atoms with Crippen molar-refractivity contribution in [3.63, 3.8) is 0 Å². The molecule has 2 aromatic heterocycles. The third-order valence-corrected chi connectivity index (χ3v) is 7.59. The number of aryl methyl sites for hydroxylation is 1. The van der Waals surface area contributed by atoms with Crippen molar-refractivity contribution < 1.29 is 28.8 Å². The van der Waals surface area contributed by atoms with Crippen molar-refractivity contribution in [3.8, 4) is 28.5 Å². The Morgan fingerprint density at radius 1 is 0.953 bits per heavy atom. The third-order valence-electron chi connectivity index (χ3n) is 7.59. The first kappa shape index (κ1) is 29.9. The van der Waals surface area contributed by atoms with E-state index in [1.165, 1.54) is 0 Å². The Bertz CT molecular complexity index is 1710. The molecule has 0 saturated carbocycles. The number of carbonyl (C=O) groups excluding carboxylic acids is 1. The van der Waals surface area contributed by atoms with Gasteiger partial charge < -0.3 is 34.4 Å². The zero-order chi connectivity index (χ0) is 30.3. The number of para-hydroxylation sites is 1. The molecule has 0 aliphatic carbocycles. The van der Waals surface area contributed by atoms with Crippen LogP contribution < -0.4 is 19.5 Å². The molecule has 224 valence electrons. The second kappa shape index (κ2) is 13.6. The number of carbonyl (C=O) groups is 1. The second-order valence-corrected chi connectivity index (χ2v) is 10.3. The van der Waals surface area contributed by atoms with Crippen LogP contribution in [-0.2, 0) is 17.6 Å². The topological polar surface area (TPSA) is 115 Å². The highest BCUT2D eigenvalue weighted by atomic mass is 16.5. The number of hydrogen-bond acceptors (Lipinski definition) is 7. The van der Waals surface area contributed by atoms with Gasteiger partial charge in [0.2, 0.25) is 5.75 Å². The van der Waals surface area contributed by atoms with Gasteiger partial charge in [0.15, 0.2) is 11.5 Å². The molecule has 1 atom stereocenters. The van der Waals surface area contributed by atoms with Crippen molar-refractivity contribution in [3.05, 3.63) is 83.6 Å². The van der Waals surface area contributed by atoms with E-state index >= 15 is 0 Å². The summed E-state index contributed by atoms with van der Waals surface area (Å²) in [6, 6.07) is 18.9. The highest BCUT2D eigenvalue weighted by molar-refractivity contribution is 6.07. The molecule has 5 aromatic rings. The monoisotopic (exact) mass is 583 g/mol. The fourth-order valence-corrected chi connectivity index (χ4v) is 5.40. The Balaban J connectivity index is 1.55. The van der Waals surface area contributed by atoms with Crippen LogP contribution in [0.3, 0.4) is 0 Å². The number of rotatable bonds is 13. The molecule has 1 amide bonds. The van der Waals surface area contributed by atoms with Crippen molar-refractivity contribution in [2.45, 2.75) is 25.3 Å². The maximum Gasteiger partial charge on any atom is 0.252 e. The van der Waals surface area contributed by atoms with Crippen LogP contribution in [0.4, 0.5) is 0 Å². The van der Waals surface area contributed by atoms with Crippen LogP contribution in [-0.4, -0.2) is 68.7 Å². The predicted molar refractivity (Wildman–Crippen MR) is 167 cm³/mol. The first-order valence-corrected chi connectivity index (χ1v) is 14.2. The molecule has 5 rings (SSSR count). The number of amides is 1. The molecule has 3 N–H and O–H groups in total. The Morgan fingerprint density at radius 3 is 2.42 bits per heavy atom. The van der Waals surface area contributed by atoms with Gasteiger partial charge in [0.1, 0.15) is 0 Å². The lowest BCUT2D eigenvalue weighted by Crippen LogP contribution is -2.39. The van der Waals surface area contributed by atoms with Crippen molar-refractivity contribution in [2.75, 3.05) is 41.7 Å². The minimum Gasteiger partial charge on any atom is -0.493 e. The van der Waals surface area contributed by atoms with Gasteiger partial charge in [-0.15, -0.1) is 0 Å². The molecular formula is C34H37N3O6. The highest BCUT2D eigenvalue weighted by Crippen LogP contribution is 2.41. The number of aromatic amines is 1. The van der Waals surface area contributed by atoms with Crippen LogP contribution in [0.1, 0.15) is 27.9 Å². The second-order valence-electron chi connectivity index (χ2n) is 10.3. The number of methoxy groups -OCH3 is 4. The molecule has 9 heteroatoms. The Morgan fingerprint density at radius 2 is 1.72 bits per heavy atom. The number of fused-ring (bicyclic) bond motifs is 2. The lowest BCUT2D eigenvalue weighted by molar-refractivity contribution is 0.0918. The zero-order valence-corrected chi connectivity index (χ0v) is 24.9. The predicted octanol–water partition coefficient (Wildman–Crippen LogP) is 5.32. The summed E-state index contributed by atoms with van der Waals surface area (Å²) in [5, 5.41) is 15.1. The van der Waals surface area contributed by atoms with Crippen LogP contribution in [0.2, 0.25) is 0 Å². The summed E-state index contributed by atoms with van der Waals surface area (Å²) >= 11 is 0. The van der Waals surface area contributed by atoms with Crippen molar-refractivity contribution in [2.24, 2.45) is 0 Å². The Labute approximate surface area is 250 Å². The number of aliphatic hydroxyl groups excluding tert-OH is 1. The van der Waals surface area contributed by atoms with Gasteiger partial charge in [-0.2, -0.15) is 0 Å². The smallest absolute Gasteiger partial charge is 0.252 e. The van der Waals surface area contributed by atoms with Crippen LogP contribution >= 0.6 is 0 Å². The summed E-state index contributed by atoms with van der Waals surface area (Å²) in [6.45, 7) is 0.436. The molecule has 0 aliphatic heterocycles. The van der Waals surface area contributed by atoms with Gasteiger partial charge in [-0.05, 0) is 66.8 Å². The summed E-state index contributed by atoms with van der Waals surface area (Å²) < 4.78 is 21.8. The SMILES string of the molecule is COCCCc1ccc2nc(-c3cc(OC)c(OC)c(OC)c3)cc(C(=O)N[C@@H](CO)Cc3c[nH]c4ccccc34)c2c1. The van der Waals surface area contributed by atoms with Crippen molar-refractivity contribution >= 4 is 27.7 Å². The fraction of sp³-hybridized carbons (Fsp3) is 0.294. The first-order chi connectivity index (χ1) is 21.0. The average molecular weight is 584 g/mol. The highest BCUT2D eigenvalue weighted by Gasteiger charge is 2.21. The normalized spacial score (nSPS) is 11.9. The van der Waals surface area contributed by atoms with E-state index in [4.69, 9.17) is 23.9 Å². The number of nitrogens with zero attached hydrogens (tertiary/aromatic N) is 1. The van der Waals surface area contributed by atoms with E-state index in [9.17, 15) is 9.90 Å². The maximum atomic E-state index is 14.0. The van der Waals surface area contributed by atoms with Crippen molar-refractivity contribution in [1.29, 1.82) is 0 Å². The number of benzene rings is 3. The molecule has 43 heavy (non-hydrogen) atoms. The number of ether oxygens (including phenoxy) is 4. The van der Waals surface area contributed by atoms with Crippen LogP contribution in [0, 0.1) is 0 Å². The number of aromatic nitrogens is 2. The van der Waals surface area contributed by atoms with Gasteiger partial charge in [0.05, 0.1) is 50.8 Å². The van der Waals surface area contributed by atoms with Crippen molar-refractivity contribution in [1.82, 2.24) is 15.3 Å². The molecule has 0 radical (unpaired) electrons. The van der Waals surface area contributed by atoms with Gasteiger partial charge in [-0.1, -0.05) is 24.3 Å². The van der Waals surface area contributed by atoms with Gasteiger partial charge in [0, 0.05) is 41.8 Å². The van der Waals surface area contributed by atoms with E-state index < -0.39 is 6.04 Å². The zero-order valence-electron chi connectivity index (χ0n) is 24.9. The molecule has 0 unspecified atom stereocenters. The lowest BCUT2D eigenvalue weighted by Gasteiger charge is -2.18. The number of H-pyrrole nitrogens is 1. The van der Waals surface area contributed by atoms with Gasteiger partial charge >= 0.3 is 0 Å². The molecule has 0 fully saturated rings. The van der Waals surface area contributed by atoms with Gasteiger partial charge in [-0.25, -0.2) is 4.98 Å².